The topological polar surface area (TPSA) is 12.9 Å². The van der Waals surface area contributed by atoms with E-state index in [1.54, 1.807) is 12.1 Å². The van der Waals surface area contributed by atoms with Crippen molar-refractivity contribution in [2.24, 2.45) is 0 Å². The lowest BCUT2D eigenvalue weighted by atomic mass is 10.1. The second-order valence-corrected chi connectivity index (χ2v) is 3.31. The van der Waals surface area contributed by atoms with Gasteiger partial charge in [0.05, 0.1) is 5.52 Å². The average molecular weight is 196 g/mol. The Morgan fingerprint density at radius 3 is 2.85 bits per heavy atom. The van der Waals surface area contributed by atoms with Crippen molar-refractivity contribution in [1.29, 1.82) is 0 Å². The van der Waals surface area contributed by atoms with Crippen LogP contribution < -0.4 is 0 Å². The quantitative estimate of drug-likeness (QED) is 0.588. The molecule has 1 aromatic heterocycles. The van der Waals surface area contributed by atoms with Gasteiger partial charge < -0.3 is 0 Å². The molecule has 2 aromatic rings. The fourth-order valence-electron chi connectivity index (χ4n) is 1.33. The number of halogens is 2. The smallest absolute Gasteiger partial charge is 0.130 e. The molecule has 0 radical (unpaired) electrons. The molecule has 0 N–H and O–H groups in total. The standard InChI is InChI=1S/C10H7ClFN/c1-6-4-10(11)13-9-3-2-7(12)5-8(6)9/h2-5H,1H3. The maximum atomic E-state index is 12.9. The summed E-state index contributed by atoms with van der Waals surface area (Å²) < 4.78 is 12.9. The molecule has 0 saturated carbocycles. The lowest BCUT2D eigenvalue weighted by Gasteiger charge is -2.01. The molecule has 13 heavy (non-hydrogen) atoms. The highest BCUT2D eigenvalue weighted by atomic mass is 35.5. The van der Waals surface area contributed by atoms with Crippen LogP contribution in [0.3, 0.4) is 0 Å². The number of hydrogen-bond acceptors (Lipinski definition) is 1. The van der Waals surface area contributed by atoms with Gasteiger partial charge >= 0.3 is 0 Å². The van der Waals surface area contributed by atoms with Crippen LogP contribution in [0.5, 0.6) is 0 Å². The minimum absolute atomic E-state index is 0.250. The summed E-state index contributed by atoms with van der Waals surface area (Å²) in [5.41, 5.74) is 1.67. The van der Waals surface area contributed by atoms with Crippen LogP contribution in [0.4, 0.5) is 4.39 Å². The Morgan fingerprint density at radius 1 is 1.31 bits per heavy atom. The number of hydrogen-bond donors (Lipinski definition) is 0. The molecule has 1 aromatic carbocycles. The minimum atomic E-state index is -0.250. The number of aromatic nitrogens is 1. The Bertz CT molecular complexity index is 468. The van der Waals surface area contributed by atoms with E-state index in [0.717, 1.165) is 16.5 Å². The highest BCUT2D eigenvalue weighted by Gasteiger charge is 2.01. The average Bonchev–Trinajstić information content (AvgIpc) is 2.06. The molecule has 0 bridgehead atoms. The van der Waals surface area contributed by atoms with Crippen LogP contribution in [0.2, 0.25) is 5.15 Å². The van der Waals surface area contributed by atoms with Crippen molar-refractivity contribution in [3.05, 3.63) is 40.8 Å². The van der Waals surface area contributed by atoms with Gasteiger partial charge in [-0.15, -0.1) is 0 Å². The summed E-state index contributed by atoms with van der Waals surface area (Å²) in [6, 6.07) is 6.20. The molecule has 1 nitrogen and oxygen atoms in total. The predicted molar refractivity (Wildman–Crippen MR) is 51.4 cm³/mol. The molecule has 0 fully saturated rings. The van der Waals surface area contributed by atoms with E-state index in [1.807, 2.05) is 6.92 Å². The first kappa shape index (κ1) is 8.45. The van der Waals surface area contributed by atoms with Crippen molar-refractivity contribution in [1.82, 2.24) is 4.98 Å². The number of rotatable bonds is 0. The molecule has 1 heterocycles. The molecule has 2 rings (SSSR count). The third-order valence-electron chi connectivity index (χ3n) is 1.95. The summed E-state index contributed by atoms with van der Waals surface area (Å²) in [5.74, 6) is -0.250. The highest BCUT2D eigenvalue weighted by molar-refractivity contribution is 6.29. The van der Waals surface area contributed by atoms with E-state index in [1.165, 1.54) is 12.1 Å². The number of fused-ring (bicyclic) bond motifs is 1. The van der Waals surface area contributed by atoms with E-state index in [4.69, 9.17) is 11.6 Å². The van der Waals surface area contributed by atoms with E-state index in [9.17, 15) is 4.39 Å². The molecular weight excluding hydrogens is 189 g/mol. The van der Waals surface area contributed by atoms with Gasteiger partial charge in [-0.1, -0.05) is 11.6 Å². The summed E-state index contributed by atoms with van der Waals surface area (Å²) in [5, 5.41) is 1.25. The second-order valence-electron chi connectivity index (χ2n) is 2.92. The number of pyridine rings is 1. The molecule has 0 aliphatic carbocycles. The van der Waals surface area contributed by atoms with Crippen LogP contribution in [0.1, 0.15) is 5.56 Å². The van der Waals surface area contributed by atoms with E-state index in [2.05, 4.69) is 4.98 Å². The van der Waals surface area contributed by atoms with Gasteiger partial charge in [-0.25, -0.2) is 9.37 Å². The number of benzene rings is 1. The molecule has 0 aliphatic heterocycles. The van der Waals surface area contributed by atoms with Crippen LogP contribution in [0, 0.1) is 12.7 Å². The zero-order valence-corrected chi connectivity index (χ0v) is 7.77. The van der Waals surface area contributed by atoms with Gasteiger partial charge in [0.2, 0.25) is 0 Å². The molecular formula is C10H7ClFN. The molecule has 0 unspecified atom stereocenters. The first-order valence-electron chi connectivity index (χ1n) is 3.89. The Labute approximate surface area is 80.2 Å². The SMILES string of the molecule is Cc1cc(Cl)nc2ccc(F)cc12. The fourth-order valence-corrected chi connectivity index (χ4v) is 1.58. The molecule has 0 saturated heterocycles. The van der Waals surface area contributed by atoms with E-state index < -0.39 is 0 Å². The maximum Gasteiger partial charge on any atom is 0.130 e. The van der Waals surface area contributed by atoms with Crippen LogP contribution in [0.15, 0.2) is 24.3 Å². The van der Waals surface area contributed by atoms with Crippen LogP contribution in [-0.4, -0.2) is 4.98 Å². The summed E-state index contributed by atoms with van der Waals surface area (Å²) >= 11 is 5.76. The minimum Gasteiger partial charge on any atom is -0.236 e. The maximum absolute atomic E-state index is 12.9. The molecule has 0 aliphatic rings. The zero-order valence-electron chi connectivity index (χ0n) is 7.01. The number of nitrogens with zero attached hydrogens (tertiary/aromatic N) is 1. The van der Waals surface area contributed by atoms with E-state index in [-0.39, 0.29) is 5.82 Å². The summed E-state index contributed by atoms with van der Waals surface area (Å²) in [4.78, 5) is 4.08. The molecule has 66 valence electrons. The van der Waals surface area contributed by atoms with Gasteiger partial charge in [-0.05, 0) is 36.8 Å². The molecule has 0 amide bonds. The van der Waals surface area contributed by atoms with Gasteiger partial charge in [0.25, 0.3) is 0 Å². The highest BCUT2D eigenvalue weighted by Crippen LogP contribution is 2.20. The Balaban J connectivity index is 2.87. The fraction of sp³-hybridized carbons (Fsp3) is 0.100. The first-order chi connectivity index (χ1) is 6.16. The lowest BCUT2D eigenvalue weighted by molar-refractivity contribution is 0.629. The van der Waals surface area contributed by atoms with Crippen LogP contribution in [0.25, 0.3) is 10.9 Å². The molecule has 0 spiro atoms. The largest absolute Gasteiger partial charge is 0.236 e. The monoisotopic (exact) mass is 195 g/mol. The predicted octanol–water partition coefficient (Wildman–Crippen LogP) is 3.34. The molecule has 3 heteroatoms. The van der Waals surface area contributed by atoms with Gasteiger partial charge in [-0.3, -0.25) is 0 Å². The second kappa shape index (κ2) is 2.96. The van der Waals surface area contributed by atoms with Gasteiger partial charge in [0, 0.05) is 5.39 Å². The van der Waals surface area contributed by atoms with Crippen molar-refractivity contribution in [3.8, 4) is 0 Å². The summed E-state index contributed by atoms with van der Waals surface area (Å²) in [6.07, 6.45) is 0. The Morgan fingerprint density at radius 2 is 2.08 bits per heavy atom. The van der Waals surface area contributed by atoms with Crippen LogP contribution >= 0.6 is 11.6 Å². The normalized spacial score (nSPS) is 10.7. The van der Waals surface area contributed by atoms with Crippen molar-refractivity contribution in [3.63, 3.8) is 0 Å². The Kier molecular flexibility index (Phi) is 1.93. The van der Waals surface area contributed by atoms with Crippen molar-refractivity contribution >= 4 is 22.5 Å². The third kappa shape index (κ3) is 1.49. The van der Waals surface area contributed by atoms with E-state index >= 15 is 0 Å². The van der Waals surface area contributed by atoms with Gasteiger partial charge in [-0.2, -0.15) is 0 Å². The zero-order chi connectivity index (χ0) is 9.42. The number of aryl methyl sites for hydroxylation is 1. The van der Waals surface area contributed by atoms with Crippen LogP contribution in [-0.2, 0) is 0 Å². The third-order valence-corrected chi connectivity index (χ3v) is 2.14. The Hall–Kier alpha value is -1.15. The van der Waals surface area contributed by atoms with Crippen molar-refractivity contribution in [2.75, 3.05) is 0 Å². The summed E-state index contributed by atoms with van der Waals surface area (Å²) in [6.45, 7) is 1.88. The van der Waals surface area contributed by atoms with Crippen molar-refractivity contribution < 1.29 is 4.39 Å². The molecule has 0 atom stereocenters. The first-order valence-corrected chi connectivity index (χ1v) is 4.27. The summed E-state index contributed by atoms with van der Waals surface area (Å²) in [7, 11) is 0. The van der Waals surface area contributed by atoms with Crippen molar-refractivity contribution in [2.45, 2.75) is 6.92 Å². The lowest BCUT2D eigenvalue weighted by Crippen LogP contribution is -1.85. The van der Waals surface area contributed by atoms with E-state index in [0.29, 0.717) is 5.15 Å². The van der Waals surface area contributed by atoms with Gasteiger partial charge in [0.1, 0.15) is 11.0 Å². The van der Waals surface area contributed by atoms with Gasteiger partial charge in [0.15, 0.2) is 0 Å².